The first-order valence-corrected chi connectivity index (χ1v) is 11.4. The van der Waals surface area contributed by atoms with Crippen LogP contribution in [0.4, 0.5) is 5.69 Å². The van der Waals surface area contributed by atoms with Crippen molar-refractivity contribution in [3.63, 3.8) is 0 Å². The Balaban J connectivity index is 1.73. The van der Waals surface area contributed by atoms with Crippen molar-refractivity contribution in [3.05, 3.63) is 59.9 Å². The molecule has 1 amide bonds. The summed E-state index contributed by atoms with van der Waals surface area (Å²) in [5.74, 6) is -0.0758. The Morgan fingerprint density at radius 2 is 1.70 bits per heavy atom. The second-order valence-electron chi connectivity index (χ2n) is 7.54. The van der Waals surface area contributed by atoms with E-state index in [1.165, 1.54) is 0 Å². The summed E-state index contributed by atoms with van der Waals surface area (Å²) in [6, 6.07) is 13.7. The zero-order valence-corrected chi connectivity index (χ0v) is 17.7. The minimum absolute atomic E-state index is 0.0134. The predicted octanol–water partition coefficient (Wildman–Crippen LogP) is 3.83. The summed E-state index contributed by atoms with van der Waals surface area (Å²) in [6.07, 6.45) is 0. The monoisotopic (exact) mass is 428 g/mol. The molecule has 0 aliphatic carbocycles. The van der Waals surface area contributed by atoms with E-state index in [2.05, 4.69) is 4.72 Å². The number of benzene rings is 2. The topological polar surface area (TPSA) is 88.9 Å². The first-order chi connectivity index (χ1) is 14.4. The smallest absolute Gasteiger partial charge is 0.291 e. The van der Waals surface area contributed by atoms with Crippen molar-refractivity contribution in [1.29, 1.82) is 0 Å². The van der Waals surface area contributed by atoms with Crippen LogP contribution < -0.4 is 4.72 Å². The number of nitrogens with one attached hydrogen (secondary N) is 1. The number of furan rings is 1. The second-order valence-corrected chi connectivity index (χ2v) is 9.22. The summed E-state index contributed by atoms with van der Waals surface area (Å²) >= 11 is 0. The SMILES string of the molecule is CC(C)c1ccc(S(=O)(=O)Nc2c(C(=O)N3CCOCC3)oc3ccccc23)cc1. The van der Waals surface area contributed by atoms with E-state index in [9.17, 15) is 13.2 Å². The zero-order valence-electron chi connectivity index (χ0n) is 16.9. The van der Waals surface area contributed by atoms with Crippen molar-refractivity contribution < 1.29 is 22.4 Å². The molecule has 2 aromatic carbocycles. The molecule has 1 N–H and O–H groups in total. The Morgan fingerprint density at radius 1 is 1.03 bits per heavy atom. The van der Waals surface area contributed by atoms with Gasteiger partial charge in [-0.05, 0) is 35.7 Å². The Morgan fingerprint density at radius 3 is 2.37 bits per heavy atom. The third-order valence-corrected chi connectivity index (χ3v) is 6.55. The number of fused-ring (bicyclic) bond motifs is 1. The quantitative estimate of drug-likeness (QED) is 0.667. The van der Waals surface area contributed by atoms with Gasteiger partial charge in [0.15, 0.2) is 0 Å². The van der Waals surface area contributed by atoms with Crippen LogP contribution in [0.3, 0.4) is 0 Å². The van der Waals surface area contributed by atoms with Gasteiger partial charge in [-0.1, -0.05) is 38.1 Å². The molecule has 0 unspecified atom stereocenters. The number of para-hydroxylation sites is 1. The number of nitrogens with zero attached hydrogens (tertiary/aromatic N) is 1. The Kier molecular flexibility index (Phi) is 5.53. The van der Waals surface area contributed by atoms with Crippen LogP contribution >= 0.6 is 0 Å². The number of morpholine rings is 1. The van der Waals surface area contributed by atoms with E-state index in [0.717, 1.165) is 5.56 Å². The highest BCUT2D eigenvalue weighted by molar-refractivity contribution is 7.92. The standard InChI is InChI=1S/C22H24N2O5S/c1-15(2)16-7-9-17(10-8-16)30(26,27)23-20-18-5-3-4-6-19(18)29-21(20)22(25)24-11-13-28-14-12-24/h3-10,15,23H,11-14H2,1-2H3. The van der Waals surface area contributed by atoms with Gasteiger partial charge in [0, 0.05) is 18.5 Å². The molecule has 0 saturated carbocycles. The highest BCUT2D eigenvalue weighted by atomic mass is 32.2. The Hall–Kier alpha value is -2.84. The minimum atomic E-state index is -3.91. The number of anilines is 1. The van der Waals surface area contributed by atoms with Crippen molar-refractivity contribution in [2.24, 2.45) is 0 Å². The molecule has 7 nitrogen and oxygen atoms in total. The predicted molar refractivity (Wildman–Crippen MR) is 114 cm³/mol. The fourth-order valence-corrected chi connectivity index (χ4v) is 4.52. The summed E-state index contributed by atoms with van der Waals surface area (Å²) < 4.78 is 39.8. The van der Waals surface area contributed by atoms with Gasteiger partial charge in [-0.25, -0.2) is 8.42 Å². The largest absolute Gasteiger partial charge is 0.449 e. The molecule has 1 aliphatic rings. The molecule has 158 valence electrons. The summed E-state index contributed by atoms with van der Waals surface area (Å²) in [5.41, 5.74) is 1.66. The van der Waals surface area contributed by atoms with Crippen LogP contribution in [0.25, 0.3) is 11.0 Å². The van der Waals surface area contributed by atoms with E-state index >= 15 is 0 Å². The molecule has 0 bridgehead atoms. The van der Waals surface area contributed by atoms with Gasteiger partial charge < -0.3 is 14.1 Å². The molecule has 1 aromatic heterocycles. The second kappa shape index (κ2) is 8.12. The fraction of sp³-hybridized carbons (Fsp3) is 0.318. The van der Waals surface area contributed by atoms with Gasteiger partial charge in [0.2, 0.25) is 5.76 Å². The maximum absolute atomic E-state index is 13.1. The first-order valence-electron chi connectivity index (χ1n) is 9.88. The van der Waals surface area contributed by atoms with E-state index in [-0.39, 0.29) is 22.3 Å². The molecule has 0 atom stereocenters. The number of hydrogen-bond donors (Lipinski definition) is 1. The zero-order chi connectivity index (χ0) is 21.3. The van der Waals surface area contributed by atoms with Crippen LogP contribution in [0.1, 0.15) is 35.9 Å². The highest BCUT2D eigenvalue weighted by Gasteiger charge is 2.29. The summed E-state index contributed by atoms with van der Waals surface area (Å²) in [7, 11) is -3.91. The van der Waals surface area contributed by atoms with Crippen LogP contribution in [0.5, 0.6) is 0 Å². The Labute approximate surface area is 175 Å². The van der Waals surface area contributed by atoms with Crippen molar-refractivity contribution >= 4 is 32.6 Å². The number of sulfonamides is 1. The number of carbonyl (C=O) groups excluding carboxylic acids is 1. The van der Waals surface area contributed by atoms with Gasteiger partial charge in [0.1, 0.15) is 11.3 Å². The lowest BCUT2D eigenvalue weighted by Gasteiger charge is -2.26. The highest BCUT2D eigenvalue weighted by Crippen LogP contribution is 2.33. The molecular formula is C22H24N2O5S. The van der Waals surface area contributed by atoms with Crippen LogP contribution in [0.2, 0.25) is 0 Å². The number of hydrogen-bond acceptors (Lipinski definition) is 5. The molecule has 2 heterocycles. The fourth-order valence-electron chi connectivity index (χ4n) is 3.43. The third kappa shape index (κ3) is 3.93. The van der Waals surface area contributed by atoms with E-state index in [1.54, 1.807) is 53.4 Å². The molecular weight excluding hydrogens is 404 g/mol. The molecule has 8 heteroatoms. The lowest BCUT2D eigenvalue weighted by Crippen LogP contribution is -2.40. The first kappa shape index (κ1) is 20.4. The van der Waals surface area contributed by atoms with Crippen molar-refractivity contribution in [2.45, 2.75) is 24.7 Å². The molecule has 1 aliphatic heterocycles. The van der Waals surface area contributed by atoms with Crippen molar-refractivity contribution in [1.82, 2.24) is 4.90 Å². The number of rotatable bonds is 5. The maximum atomic E-state index is 13.1. The molecule has 1 fully saturated rings. The van der Waals surface area contributed by atoms with Gasteiger partial charge in [-0.3, -0.25) is 9.52 Å². The lowest BCUT2D eigenvalue weighted by atomic mass is 10.0. The molecule has 0 radical (unpaired) electrons. The average Bonchev–Trinajstić information content (AvgIpc) is 3.12. The van der Waals surface area contributed by atoms with E-state index in [4.69, 9.17) is 9.15 Å². The Bertz CT molecular complexity index is 1160. The van der Waals surface area contributed by atoms with Crippen LogP contribution in [0, 0.1) is 0 Å². The number of amides is 1. The van der Waals surface area contributed by atoms with Gasteiger partial charge in [-0.15, -0.1) is 0 Å². The molecule has 3 aromatic rings. The molecule has 30 heavy (non-hydrogen) atoms. The summed E-state index contributed by atoms with van der Waals surface area (Å²) in [6.45, 7) is 5.83. The lowest BCUT2D eigenvalue weighted by molar-refractivity contribution is 0.0285. The van der Waals surface area contributed by atoms with Crippen LogP contribution in [0.15, 0.2) is 57.8 Å². The number of ether oxygens (including phenoxy) is 1. The van der Waals surface area contributed by atoms with Gasteiger partial charge in [0.25, 0.3) is 15.9 Å². The summed E-state index contributed by atoms with van der Waals surface area (Å²) in [5, 5.41) is 0.538. The van der Waals surface area contributed by atoms with Crippen LogP contribution in [-0.2, 0) is 14.8 Å². The van der Waals surface area contributed by atoms with Gasteiger partial charge in [0.05, 0.1) is 18.1 Å². The maximum Gasteiger partial charge on any atom is 0.291 e. The molecule has 4 rings (SSSR count). The van der Waals surface area contributed by atoms with Crippen molar-refractivity contribution in [2.75, 3.05) is 31.0 Å². The van der Waals surface area contributed by atoms with Crippen molar-refractivity contribution in [3.8, 4) is 0 Å². The third-order valence-electron chi connectivity index (χ3n) is 5.18. The van der Waals surface area contributed by atoms with Gasteiger partial charge in [-0.2, -0.15) is 0 Å². The van der Waals surface area contributed by atoms with E-state index in [1.807, 2.05) is 13.8 Å². The molecule has 0 spiro atoms. The molecule has 1 saturated heterocycles. The van der Waals surface area contributed by atoms with E-state index in [0.29, 0.717) is 43.2 Å². The van der Waals surface area contributed by atoms with Crippen LogP contribution in [-0.4, -0.2) is 45.5 Å². The minimum Gasteiger partial charge on any atom is -0.449 e. The summed E-state index contributed by atoms with van der Waals surface area (Å²) in [4.78, 5) is 14.8. The van der Waals surface area contributed by atoms with Gasteiger partial charge >= 0.3 is 0 Å². The van der Waals surface area contributed by atoms with E-state index < -0.39 is 10.0 Å². The average molecular weight is 429 g/mol. The normalized spacial score (nSPS) is 15.0. The number of carbonyl (C=O) groups is 1.